The Labute approximate surface area is 118 Å². The summed E-state index contributed by atoms with van der Waals surface area (Å²) in [5.41, 5.74) is 4.89. The summed E-state index contributed by atoms with van der Waals surface area (Å²) < 4.78 is 3.16. The van der Waals surface area contributed by atoms with Gasteiger partial charge in [0, 0.05) is 16.9 Å². The highest BCUT2D eigenvalue weighted by molar-refractivity contribution is 9.10. The molecule has 0 unspecified atom stereocenters. The van der Waals surface area contributed by atoms with E-state index in [0.29, 0.717) is 0 Å². The molecule has 0 amide bonds. The molecule has 19 heavy (non-hydrogen) atoms. The van der Waals surface area contributed by atoms with E-state index < -0.39 is 0 Å². The smallest absolute Gasteiger partial charge is 0.160 e. The summed E-state index contributed by atoms with van der Waals surface area (Å²) >= 11 is 3.51. The lowest BCUT2D eigenvalue weighted by molar-refractivity contribution is 0.992. The number of hydrogen-bond donors (Lipinski definition) is 0. The van der Waals surface area contributed by atoms with E-state index in [1.165, 1.54) is 0 Å². The van der Waals surface area contributed by atoms with Crippen molar-refractivity contribution in [2.24, 2.45) is 7.05 Å². The van der Waals surface area contributed by atoms with Gasteiger partial charge in [-0.05, 0) is 30.3 Å². The third-order valence-corrected chi connectivity index (χ3v) is 3.94. The minimum Gasteiger partial charge on any atom is -0.327 e. The molecule has 3 nitrogen and oxygen atoms in total. The van der Waals surface area contributed by atoms with Crippen LogP contribution in [0.4, 0.5) is 0 Å². The molecule has 0 saturated carbocycles. The van der Waals surface area contributed by atoms with E-state index in [1.807, 2.05) is 37.4 Å². The van der Waals surface area contributed by atoms with Gasteiger partial charge >= 0.3 is 0 Å². The second kappa shape index (κ2) is 3.78. The van der Waals surface area contributed by atoms with Gasteiger partial charge in [-0.15, -0.1) is 0 Å². The molecule has 4 aromatic rings. The van der Waals surface area contributed by atoms with Crippen LogP contribution in [0.2, 0.25) is 0 Å². The van der Waals surface area contributed by atoms with Crippen LogP contribution in [0.15, 0.2) is 46.9 Å². The minimum atomic E-state index is 0.923. The van der Waals surface area contributed by atoms with Crippen LogP contribution in [0.5, 0.6) is 0 Å². The molecule has 2 heterocycles. The number of aryl methyl sites for hydroxylation is 1. The highest BCUT2D eigenvalue weighted by Gasteiger charge is 2.12. The summed E-state index contributed by atoms with van der Waals surface area (Å²) in [7, 11) is 2.03. The van der Waals surface area contributed by atoms with Gasteiger partial charge in [-0.2, -0.15) is 0 Å². The molecule has 0 aliphatic heterocycles. The van der Waals surface area contributed by atoms with E-state index in [4.69, 9.17) is 9.97 Å². The molecule has 0 N–H and O–H groups in total. The van der Waals surface area contributed by atoms with Crippen molar-refractivity contribution >= 4 is 49.0 Å². The molecule has 0 saturated heterocycles. The van der Waals surface area contributed by atoms with Crippen LogP contribution in [0.25, 0.3) is 33.1 Å². The summed E-state index contributed by atoms with van der Waals surface area (Å²) in [6.45, 7) is 0. The van der Waals surface area contributed by atoms with Gasteiger partial charge in [0.25, 0.3) is 0 Å². The lowest BCUT2D eigenvalue weighted by Gasteiger charge is -1.98. The standard InChI is InChI=1S/C15H10BrN3/c1-19-13-8-9(16)6-7-10(13)14-15(19)18-12-5-3-2-4-11(12)17-14/h2-8H,1H3. The number of hydrogen-bond acceptors (Lipinski definition) is 2. The number of benzene rings is 2. The maximum atomic E-state index is 4.76. The number of para-hydroxylation sites is 2. The number of aromatic nitrogens is 3. The van der Waals surface area contributed by atoms with Gasteiger partial charge in [-0.25, -0.2) is 9.97 Å². The zero-order valence-electron chi connectivity index (χ0n) is 10.3. The number of rotatable bonds is 0. The van der Waals surface area contributed by atoms with Crippen molar-refractivity contribution in [2.45, 2.75) is 0 Å². The Balaban J connectivity index is 2.29. The summed E-state index contributed by atoms with van der Waals surface area (Å²) in [5, 5.41) is 1.14. The van der Waals surface area contributed by atoms with Crippen LogP contribution >= 0.6 is 15.9 Å². The lowest BCUT2D eigenvalue weighted by Crippen LogP contribution is -1.91. The van der Waals surface area contributed by atoms with E-state index in [0.717, 1.165) is 37.6 Å². The number of nitrogens with zero attached hydrogens (tertiary/aromatic N) is 3. The zero-order valence-corrected chi connectivity index (χ0v) is 11.8. The molecule has 4 heteroatoms. The van der Waals surface area contributed by atoms with Crippen molar-refractivity contribution in [3.63, 3.8) is 0 Å². The van der Waals surface area contributed by atoms with Gasteiger partial charge in [0.2, 0.25) is 0 Å². The molecule has 0 aliphatic carbocycles. The highest BCUT2D eigenvalue weighted by atomic mass is 79.9. The van der Waals surface area contributed by atoms with Crippen LogP contribution in [0, 0.1) is 0 Å². The van der Waals surface area contributed by atoms with Gasteiger partial charge < -0.3 is 4.57 Å². The van der Waals surface area contributed by atoms with Crippen LogP contribution in [-0.2, 0) is 7.05 Å². The van der Waals surface area contributed by atoms with Gasteiger partial charge in [-0.1, -0.05) is 28.1 Å². The van der Waals surface area contributed by atoms with Gasteiger partial charge in [0.1, 0.15) is 5.52 Å². The van der Waals surface area contributed by atoms with Crippen molar-refractivity contribution in [3.8, 4) is 0 Å². The normalized spacial score (nSPS) is 11.7. The van der Waals surface area contributed by atoms with Crippen molar-refractivity contribution in [3.05, 3.63) is 46.9 Å². The van der Waals surface area contributed by atoms with E-state index in [9.17, 15) is 0 Å². The van der Waals surface area contributed by atoms with Crippen LogP contribution in [0.1, 0.15) is 0 Å². The van der Waals surface area contributed by atoms with E-state index in [1.54, 1.807) is 0 Å². The Hall–Kier alpha value is -1.94. The number of halogens is 1. The van der Waals surface area contributed by atoms with Crippen LogP contribution < -0.4 is 0 Å². The first-order chi connectivity index (χ1) is 9.24. The van der Waals surface area contributed by atoms with E-state index in [2.05, 4.69) is 32.6 Å². The van der Waals surface area contributed by atoms with Crippen LogP contribution in [-0.4, -0.2) is 14.5 Å². The monoisotopic (exact) mass is 311 g/mol. The Kier molecular flexibility index (Phi) is 2.17. The molecular formula is C15H10BrN3. The summed E-state index contributed by atoms with van der Waals surface area (Å²) in [6, 6.07) is 14.2. The molecular weight excluding hydrogens is 302 g/mol. The summed E-state index contributed by atoms with van der Waals surface area (Å²) in [5.74, 6) is 0. The van der Waals surface area contributed by atoms with Gasteiger partial charge in [0.15, 0.2) is 5.65 Å². The Bertz CT molecular complexity index is 940. The average Bonchev–Trinajstić information content (AvgIpc) is 2.69. The highest BCUT2D eigenvalue weighted by Crippen LogP contribution is 2.29. The molecule has 2 aromatic carbocycles. The van der Waals surface area contributed by atoms with Crippen molar-refractivity contribution in [1.29, 1.82) is 0 Å². The fourth-order valence-electron chi connectivity index (χ4n) is 2.50. The molecule has 0 fully saturated rings. The van der Waals surface area contributed by atoms with Crippen molar-refractivity contribution < 1.29 is 0 Å². The molecule has 4 rings (SSSR count). The fourth-order valence-corrected chi connectivity index (χ4v) is 2.85. The first kappa shape index (κ1) is 10.9. The van der Waals surface area contributed by atoms with E-state index in [-0.39, 0.29) is 0 Å². The molecule has 92 valence electrons. The Morgan fingerprint density at radius 1 is 1.00 bits per heavy atom. The van der Waals surface area contributed by atoms with Crippen molar-refractivity contribution in [1.82, 2.24) is 14.5 Å². The second-order valence-corrected chi connectivity index (χ2v) is 5.52. The quantitative estimate of drug-likeness (QED) is 0.491. The predicted molar refractivity (Wildman–Crippen MR) is 81.2 cm³/mol. The first-order valence-corrected chi connectivity index (χ1v) is 6.84. The fraction of sp³-hybridized carbons (Fsp3) is 0.0667. The minimum absolute atomic E-state index is 0.923. The topological polar surface area (TPSA) is 30.7 Å². The summed E-state index contributed by atoms with van der Waals surface area (Å²) in [6.07, 6.45) is 0. The summed E-state index contributed by atoms with van der Waals surface area (Å²) in [4.78, 5) is 9.49. The van der Waals surface area contributed by atoms with Gasteiger partial charge in [0.05, 0.1) is 16.6 Å². The maximum absolute atomic E-state index is 4.76. The average molecular weight is 312 g/mol. The van der Waals surface area contributed by atoms with Crippen LogP contribution in [0.3, 0.4) is 0 Å². The predicted octanol–water partition coefficient (Wildman–Crippen LogP) is 4.04. The largest absolute Gasteiger partial charge is 0.327 e. The zero-order chi connectivity index (χ0) is 13.0. The SMILES string of the molecule is Cn1c2cc(Br)ccc2c2nc3ccccc3nc21. The van der Waals surface area contributed by atoms with Crippen molar-refractivity contribution in [2.75, 3.05) is 0 Å². The molecule has 0 spiro atoms. The molecule has 0 atom stereocenters. The second-order valence-electron chi connectivity index (χ2n) is 4.61. The third-order valence-electron chi connectivity index (χ3n) is 3.45. The molecule has 2 aromatic heterocycles. The molecule has 0 radical (unpaired) electrons. The van der Waals surface area contributed by atoms with Gasteiger partial charge in [-0.3, -0.25) is 0 Å². The Morgan fingerprint density at radius 3 is 2.53 bits per heavy atom. The first-order valence-electron chi connectivity index (χ1n) is 6.04. The lowest BCUT2D eigenvalue weighted by atomic mass is 10.2. The number of fused-ring (bicyclic) bond motifs is 4. The van der Waals surface area contributed by atoms with E-state index >= 15 is 0 Å². The molecule has 0 bridgehead atoms. The maximum Gasteiger partial charge on any atom is 0.160 e. The molecule has 0 aliphatic rings. The Morgan fingerprint density at radius 2 is 1.74 bits per heavy atom. The third kappa shape index (κ3) is 1.50.